The number of carbonyl (C=O) groups is 1. The molecule has 2 aliphatic rings. The Kier molecular flexibility index (Phi) is 4.74. The van der Waals surface area contributed by atoms with Crippen LogP contribution in [0.1, 0.15) is 31.2 Å². The molecule has 27 heavy (non-hydrogen) atoms. The number of hydrogen-bond donors (Lipinski definition) is 1. The van der Waals surface area contributed by atoms with Gasteiger partial charge in [0.25, 0.3) is 0 Å². The molecular weight excluding hydrogens is 384 g/mol. The van der Waals surface area contributed by atoms with E-state index in [1.54, 1.807) is 30.3 Å². The van der Waals surface area contributed by atoms with Gasteiger partial charge in [-0.05, 0) is 67.6 Å². The number of hydrogen-bond acceptors (Lipinski definition) is 3. The highest BCUT2D eigenvalue weighted by atomic mass is 35.5. The zero-order valence-electron chi connectivity index (χ0n) is 14.8. The lowest BCUT2D eigenvalue weighted by Crippen LogP contribution is -2.28. The summed E-state index contributed by atoms with van der Waals surface area (Å²) in [6.07, 6.45) is 3.36. The molecule has 0 unspecified atom stereocenters. The summed E-state index contributed by atoms with van der Waals surface area (Å²) >= 11 is 6.06. The van der Waals surface area contributed by atoms with Gasteiger partial charge in [0.1, 0.15) is 0 Å². The average molecular weight is 405 g/mol. The predicted octanol–water partition coefficient (Wildman–Crippen LogP) is 3.79. The van der Waals surface area contributed by atoms with E-state index in [1.165, 1.54) is 4.31 Å². The number of nitrogens with zero attached hydrogens (tertiary/aromatic N) is 1. The van der Waals surface area contributed by atoms with Crippen molar-refractivity contribution in [2.24, 2.45) is 0 Å². The Morgan fingerprint density at radius 1 is 1.04 bits per heavy atom. The minimum absolute atomic E-state index is 0.0834. The number of amides is 1. The number of rotatable bonds is 5. The van der Waals surface area contributed by atoms with Gasteiger partial charge in [-0.15, -0.1) is 0 Å². The van der Waals surface area contributed by atoms with Gasteiger partial charge in [-0.1, -0.05) is 23.7 Å². The van der Waals surface area contributed by atoms with Crippen molar-refractivity contribution in [3.8, 4) is 0 Å². The standard InChI is InChI=1S/C20H21ClN2O3S/c21-16-5-3-4-15(14-16)20(10-11-20)19(24)22-17-6-8-18(9-7-17)27(25,26)23-12-1-2-13-23/h3-9,14H,1-2,10-13H2,(H,22,24). The van der Waals surface area contributed by atoms with Crippen LogP contribution in [0.4, 0.5) is 5.69 Å². The molecule has 1 heterocycles. The van der Waals surface area contributed by atoms with Crippen molar-refractivity contribution in [1.82, 2.24) is 4.31 Å². The minimum atomic E-state index is -3.44. The summed E-state index contributed by atoms with van der Waals surface area (Å²) in [6.45, 7) is 1.14. The van der Waals surface area contributed by atoms with Crippen LogP contribution in [0, 0.1) is 0 Å². The zero-order valence-corrected chi connectivity index (χ0v) is 16.4. The van der Waals surface area contributed by atoms with Crippen LogP contribution >= 0.6 is 11.6 Å². The third-order valence-corrected chi connectivity index (χ3v) is 7.52. The lowest BCUT2D eigenvalue weighted by atomic mass is 9.95. The first-order valence-corrected chi connectivity index (χ1v) is 10.9. The molecule has 1 N–H and O–H groups in total. The SMILES string of the molecule is O=C(Nc1ccc(S(=O)(=O)N2CCCC2)cc1)C1(c2cccc(Cl)c2)CC1. The normalized spacial score (nSPS) is 19.0. The summed E-state index contributed by atoms with van der Waals surface area (Å²) in [5, 5.41) is 3.53. The van der Waals surface area contributed by atoms with Gasteiger partial charge in [0.05, 0.1) is 10.3 Å². The Bertz CT molecular complexity index is 963. The maximum absolute atomic E-state index is 12.8. The molecule has 2 aromatic carbocycles. The summed E-state index contributed by atoms with van der Waals surface area (Å²) < 4.78 is 26.7. The maximum atomic E-state index is 12.8. The maximum Gasteiger partial charge on any atom is 0.243 e. The van der Waals surface area contributed by atoms with E-state index in [4.69, 9.17) is 11.6 Å². The van der Waals surface area contributed by atoms with Gasteiger partial charge in [-0.2, -0.15) is 4.31 Å². The zero-order chi connectivity index (χ0) is 19.1. The molecule has 7 heteroatoms. The molecule has 2 aromatic rings. The highest BCUT2D eigenvalue weighted by Gasteiger charge is 2.51. The Labute approximate surface area is 164 Å². The van der Waals surface area contributed by atoms with E-state index in [2.05, 4.69) is 5.32 Å². The van der Waals surface area contributed by atoms with Gasteiger partial charge in [0.2, 0.25) is 15.9 Å². The highest BCUT2D eigenvalue weighted by molar-refractivity contribution is 7.89. The molecule has 1 aliphatic heterocycles. The molecule has 2 fully saturated rings. The van der Waals surface area contributed by atoms with Gasteiger partial charge >= 0.3 is 0 Å². The second-order valence-electron chi connectivity index (χ2n) is 7.18. The molecule has 0 bridgehead atoms. The number of anilines is 1. The molecule has 1 amide bonds. The number of halogens is 1. The molecule has 0 radical (unpaired) electrons. The van der Waals surface area contributed by atoms with Crippen molar-refractivity contribution in [1.29, 1.82) is 0 Å². The van der Waals surface area contributed by atoms with Crippen LogP contribution < -0.4 is 5.32 Å². The molecule has 0 atom stereocenters. The first-order chi connectivity index (χ1) is 12.9. The first-order valence-electron chi connectivity index (χ1n) is 9.10. The highest BCUT2D eigenvalue weighted by Crippen LogP contribution is 2.49. The van der Waals surface area contributed by atoms with Crippen molar-refractivity contribution in [2.75, 3.05) is 18.4 Å². The topological polar surface area (TPSA) is 66.5 Å². The Hall–Kier alpha value is -1.89. The van der Waals surface area contributed by atoms with Crippen molar-refractivity contribution < 1.29 is 13.2 Å². The lowest BCUT2D eigenvalue weighted by Gasteiger charge is -2.17. The van der Waals surface area contributed by atoms with E-state index < -0.39 is 15.4 Å². The molecule has 0 aromatic heterocycles. The summed E-state index contributed by atoms with van der Waals surface area (Å²) in [4.78, 5) is 13.1. The second-order valence-corrected chi connectivity index (χ2v) is 9.56. The van der Waals surface area contributed by atoms with E-state index in [1.807, 2.05) is 18.2 Å². The number of sulfonamides is 1. The van der Waals surface area contributed by atoms with Crippen molar-refractivity contribution >= 4 is 33.2 Å². The number of benzene rings is 2. The van der Waals surface area contributed by atoms with E-state index in [0.29, 0.717) is 23.8 Å². The van der Waals surface area contributed by atoms with Gasteiger partial charge < -0.3 is 5.32 Å². The van der Waals surface area contributed by atoms with Gasteiger partial charge in [-0.25, -0.2) is 8.42 Å². The van der Waals surface area contributed by atoms with Gasteiger partial charge in [0, 0.05) is 23.8 Å². The Morgan fingerprint density at radius 3 is 2.30 bits per heavy atom. The molecule has 1 aliphatic carbocycles. The molecule has 4 rings (SSSR count). The second kappa shape index (κ2) is 6.93. The van der Waals surface area contributed by atoms with Crippen LogP contribution in [0.15, 0.2) is 53.4 Å². The molecule has 142 valence electrons. The van der Waals surface area contributed by atoms with Crippen LogP contribution in [0.25, 0.3) is 0 Å². The molecule has 0 spiro atoms. The van der Waals surface area contributed by atoms with E-state index in [0.717, 1.165) is 31.2 Å². The lowest BCUT2D eigenvalue weighted by molar-refractivity contribution is -0.118. The van der Waals surface area contributed by atoms with Crippen LogP contribution in [0.3, 0.4) is 0 Å². The van der Waals surface area contributed by atoms with Crippen molar-refractivity contribution in [3.63, 3.8) is 0 Å². The molecular formula is C20H21ClN2O3S. The average Bonchev–Trinajstić information content (AvgIpc) is 3.28. The van der Waals surface area contributed by atoms with E-state index >= 15 is 0 Å². The third kappa shape index (κ3) is 3.49. The summed E-state index contributed by atoms with van der Waals surface area (Å²) in [5.41, 5.74) is 0.972. The van der Waals surface area contributed by atoms with Crippen molar-refractivity contribution in [3.05, 3.63) is 59.1 Å². The Balaban J connectivity index is 1.50. The molecule has 5 nitrogen and oxygen atoms in total. The largest absolute Gasteiger partial charge is 0.325 e. The smallest absolute Gasteiger partial charge is 0.243 e. The predicted molar refractivity (Wildman–Crippen MR) is 105 cm³/mol. The molecule has 1 saturated carbocycles. The van der Waals surface area contributed by atoms with Gasteiger partial charge in [0.15, 0.2) is 0 Å². The van der Waals surface area contributed by atoms with Crippen LogP contribution in [-0.4, -0.2) is 31.7 Å². The number of carbonyl (C=O) groups excluding carboxylic acids is 1. The minimum Gasteiger partial charge on any atom is -0.325 e. The van der Waals surface area contributed by atoms with Crippen LogP contribution in [0.5, 0.6) is 0 Å². The fraction of sp³-hybridized carbons (Fsp3) is 0.350. The fourth-order valence-corrected chi connectivity index (χ4v) is 5.30. The number of nitrogens with one attached hydrogen (secondary N) is 1. The van der Waals surface area contributed by atoms with Crippen LogP contribution in [0.2, 0.25) is 5.02 Å². The van der Waals surface area contributed by atoms with Crippen LogP contribution in [-0.2, 0) is 20.2 Å². The Morgan fingerprint density at radius 2 is 1.70 bits per heavy atom. The monoisotopic (exact) mass is 404 g/mol. The quantitative estimate of drug-likeness (QED) is 0.824. The van der Waals surface area contributed by atoms with E-state index in [9.17, 15) is 13.2 Å². The summed E-state index contributed by atoms with van der Waals surface area (Å²) in [6, 6.07) is 13.8. The van der Waals surface area contributed by atoms with Crippen molar-refractivity contribution in [2.45, 2.75) is 36.0 Å². The third-order valence-electron chi connectivity index (χ3n) is 5.38. The summed E-state index contributed by atoms with van der Waals surface area (Å²) in [7, 11) is -3.44. The fourth-order valence-electron chi connectivity index (χ4n) is 3.60. The first kappa shape index (κ1) is 18.5. The summed E-state index contributed by atoms with van der Waals surface area (Å²) in [5.74, 6) is -0.0834. The van der Waals surface area contributed by atoms with Gasteiger partial charge in [-0.3, -0.25) is 4.79 Å². The van der Waals surface area contributed by atoms with E-state index in [-0.39, 0.29) is 10.8 Å². The molecule has 1 saturated heterocycles.